The number of rotatable bonds is 1. The van der Waals surface area contributed by atoms with Crippen LogP contribution in [-0.2, 0) is 4.74 Å². The van der Waals surface area contributed by atoms with E-state index in [1.54, 1.807) is 0 Å². The van der Waals surface area contributed by atoms with Crippen LogP contribution in [0.5, 0.6) is 0 Å². The van der Waals surface area contributed by atoms with Crippen molar-refractivity contribution < 1.29 is 7.48 Å². The average Bonchev–Trinajstić information content (AvgIpc) is 2.41. The van der Waals surface area contributed by atoms with Gasteiger partial charge in [0, 0.05) is 15.9 Å². The maximum atomic E-state index is 7.59. The Balaban J connectivity index is 2.06. The van der Waals surface area contributed by atoms with Gasteiger partial charge in [0.05, 0.1) is 6.10 Å². The van der Waals surface area contributed by atoms with E-state index in [0.29, 0.717) is 19.6 Å². The first-order chi connectivity index (χ1) is 7.17. The molecule has 1 atom stereocenters. The van der Waals surface area contributed by atoms with Crippen LogP contribution in [0.3, 0.4) is 0 Å². The first-order valence-corrected chi connectivity index (χ1v) is 4.59. The van der Waals surface area contributed by atoms with Crippen molar-refractivity contribution in [3.63, 3.8) is 0 Å². The molecule has 2 nitrogen and oxygen atoms in total. The van der Waals surface area contributed by atoms with Crippen LogP contribution in [0.4, 0.5) is 0 Å². The predicted octanol–water partition coefficient (Wildman–Crippen LogP) is 1.74. The minimum atomic E-state index is -1.30. The summed E-state index contributed by atoms with van der Waals surface area (Å²) in [4.78, 5) is 0. The molecular weight excluding hydrogens is 162 g/mol. The quantitative estimate of drug-likeness (QED) is 0.709. The van der Waals surface area contributed by atoms with Gasteiger partial charge in [0.15, 0.2) is 0 Å². The van der Waals surface area contributed by atoms with E-state index in [1.165, 1.54) is 0 Å². The summed E-state index contributed by atoms with van der Waals surface area (Å²) in [5.74, 6) is 0. The van der Waals surface area contributed by atoms with Crippen LogP contribution in [0, 0.1) is 0 Å². The fourth-order valence-corrected chi connectivity index (χ4v) is 1.45. The molecule has 1 N–H and O–H groups in total. The van der Waals surface area contributed by atoms with E-state index >= 15 is 0 Å². The molecule has 1 heterocycles. The molecule has 0 amide bonds. The van der Waals surface area contributed by atoms with Crippen molar-refractivity contribution in [3.05, 3.63) is 35.9 Å². The smallest absolute Gasteiger partial charge is 0.0949 e. The molecule has 2 rings (SSSR count). The highest BCUT2D eigenvalue weighted by Gasteiger charge is 2.13. The van der Waals surface area contributed by atoms with Crippen molar-refractivity contribution in [1.82, 2.24) is 5.32 Å². The molecule has 0 aromatic heterocycles. The van der Waals surface area contributed by atoms with Crippen molar-refractivity contribution in [2.45, 2.75) is 12.5 Å². The number of nitrogens with one attached hydrogen (secondary N) is 1. The molecule has 1 fully saturated rings. The van der Waals surface area contributed by atoms with Crippen molar-refractivity contribution in [2.24, 2.45) is 0 Å². The fourth-order valence-electron chi connectivity index (χ4n) is 1.45. The van der Waals surface area contributed by atoms with E-state index in [9.17, 15) is 0 Å². The lowest BCUT2D eigenvalue weighted by Crippen LogP contribution is -2.19. The highest BCUT2D eigenvalue weighted by molar-refractivity contribution is 5.18. The minimum absolute atomic E-state index is 0.0382. The summed E-state index contributed by atoms with van der Waals surface area (Å²) in [5, 5.41) is 2.88. The summed E-state index contributed by atoms with van der Waals surface area (Å²) >= 11 is 0. The van der Waals surface area contributed by atoms with Crippen LogP contribution in [0.15, 0.2) is 30.3 Å². The fraction of sp³-hybridized carbons (Fsp3) is 0.455. The van der Waals surface area contributed by atoms with Crippen molar-refractivity contribution in [2.75, 3.05) is 19.6 Å². The third-order valence-corrected chi connectivity index (χ3v) is 2.13. The largest absolute Gasteiger partial charge is 0.372 e. The Morgan fingerprint density at radius 1 is 1.38 bits per heavy atom. The molecule has 1 aliphatic heterocycles. The molecule has 13 heavy (non-hydrogen) atoms. The summed E-state index contributed by atoms with van der Waals surface area (Å²) in [6, 6.07) is 9.92. The molecule has 1 aliphatic rings. The molecule has 1 aromatic rings. The van der Waals surface area contributed by atoms with E-state index < -0.39 is 6.50 Å². The summed E-state index contributed by atoms with van der Waals surface area (Å²) < 4.78 is 20.8. The second-order valence-corrected chi connectivity index (χ2v) is 3.08. The molecule has 1 unspecified atom stereocenters. The van der Waals surface area contributed by atoms with Crippen molar-refractivity contribution >= 4 is 0 Å². The Bertz CT molecular complexity index is 316. The van der Waals surface area contributed by atoms with E-state index in [0.717, 1.165) is 5.56 Å². The summed E-state index contributed by atoms with van der Waals surface area (Å²) in [6.45, 7) is -0.319. The maximum absolute atomic E-state index is 7.59. The van der Waals surface area contributed by atoms with Gasteiger partial charge < -0.3 is 10.1 Å². The molecule has 0 aliphatic carbocycles. The Hall–Kier alpha value is -0.860. The van der Waals surface area contributed by atoms with Gasteiger partial charge in [0.2, 0.25) is 0 Å². The lowest BCUT2D eigenvalue weighted by molar-refractivity contribution is 0.0669. The highest BCUT2D eigenvalue weighted by Crippen LogP contribution is 2.17. The van der Waals surface area contributed by atoms with Gasteiger partial charge in [-0.25, -0.2) is 0 Å². The predicted molar refractivity (Wildman–Crippen MR) is 52.6 cm³/mol. The third kappa shape index (κ3) is 2.29. The molecule has 0 bridgehead atoms. The van der Waals surface area contributed by atoms with Crippen molar-refractivity contribution in [1.29, 1.82) is 0 Å². The average molecular weight is 179 g/mol. The van der Waals surface area contributed by atoms with Gasteiger partial charge in [-0.3, -0.25) is 0 Å². The first-order valence-electron chi connectivity index (χ1n) is 5.59. The van der Waals surface area contributed by atoms with Crippen LogP contribution in [0.2, 0.25) is 0 Å². The summed E-state index contributed by atoms with van der Waals surface area (Å²) in [7, 11) is 0. The van der Waals surface area contributed by atoms with Crippen molar-refractivity contribution in [3.8, 4) is 0 Å². The topological polar surface area (TPSA) is 21.3 Å². The van der Waals surface area contributed by atoms with Gasteiger partial charge in [0.25, 0.3) is 0 Å². The monoisotopic (exact) mass is 179 g/mol. The standard InChI is InChI=1S/C11H15NO/c1-2-5-10(6-3-1)11-9-12-7-4-8-13-11/h1-3,5-6,11-12H,4,7-9H2/i7D2. The van der Waals surface area contributed by atoms with Gasteiger partial charge in [0.1, 0.15) is 0 Å². The third-order valence-electron chi connectivity index (χ3n) is 2.13. The molecular formula is C11H15NO. The number of ether oxygens (including phenoxy) is 1. The number of benzene rings is 1. The van der Waals surface area contributed by atoms with Crippen LogP contribution in [0.1, 0.15) is 20.8 Å². The Morgan fingerprint density at radius 2 is 2.23 bits per heavy atom. The van der Waals surface area contributed by atoms with Gasteiger partial charge in [-0.2, -0.15) is 0 Å². The van der Waals surface area contributed by atoms with E-state index in [1.807, 2.05) is 30.3 Å². The first kappa shape index (κ1) is 6.57. The Labute approximate surface area is 81.7 Å². The SMILES string of the molecule is [2H]C1([2H])CCOC(c2ccccc2)CN1. The molecule has 1 saturated heterocycles. The Kier molecular flexibility index (Phi) is 2.22. The van der Waals surface area contributed by atoms with Gasteiger partial charge in [-0.05, 0) is 18.5 Å². The molecule has 0 radical (unpaired) electrons. The molecule has 70 valence electrons. The van der Waals surface area contributed by atoms with Crippen LogP contribution < -0.4 is 5.32 Å². The van der Waals surface area contributed by atoms with E-state index in [-0.39, 0.29) is 6.10 Å². The van der Waals surface area contributed by atoms with Crippen LogP contribution in [-0.4, -0.2) is 19.6 Å². The maximum Gasteiger partial charge on any atom is 0.0949 e. The lowest BCUT2D eigenvalue weighted by Gasteiger charge is -2.14. The lowest BCUT2D eigenvalue weighted by atomic mass is 10.1. The van der Waals surface area contributed by atoms with Gasteiger partial charge in [-0.1, -0.05) is 30.3 Å². The highest BCUT2D eigenvalue weighted by atomic mass is 16.5. The normalized spacial score (nSPS) is 30.0. The molecule has 1 aromatic carbocycles. The molecule has 0 spiro atoms. The summed E-state index contributed by atoms with van der Waals surface area (Å²) in [6.07, 6.45) is 0.361. The molecule has 2 heteroatoms. The summed E-state index contributed by atoms with van der Waals surface area (Å²) in [5.41, 5.74) is 1.10. The number of hydrogen-bond acceptors (Lipinski definition) is 2. The van der Waals surface area contributed by atoms with Gasteiger partial charge in [-0.15, -0.1) is 0 Å². The molecule has 0 saturated carbocycles. The van der Waals surface area contributed by atoms with Crippen LogP contribution in [0.25, 0.3) is 0 Å². The zero-order chi connectivity index (χ0) is 10.7. The van der Waals surface area contributed by atoms with Gasteiger partial charge >= 0.3 is 0 Å². The van der Waals surface area contributed by atoms with E-state index in [4.69, 9.17) is 7.48 Å². The second kappa shape index (κ2) is 4.40. The second-order valence-electron chi connectivity index (χ2n) is 3.08. The number of hydrogen-bond donors (Lipinski definition) is 1. The zero-order valence-electron chi connectivity index (χ0n) is 9.49. The zero-order valence-corrected chi connectivity index (χ0v) is 7.49. The minimum Gasteiger partial charge on any atom is -0.372 e. The van der Waals surface area contributed by atoms with Crippen LogP contribution >= 0.6 is 0 Å². The van der Waals surface area contributed by atoms with E-state index in [2.05, 4.69) is 5.32 Å². The Morgan fingerprint density at radius 3 is 3.08 bits per heavy atom.